The molecule has 0 unspecified atom stereocenters. The molecule has 3 aromatic rings. The molecule has 3 heterocycles. The van der Waals surface area contributed by atoms with Gasteiger partial charge in [-0.05, 0) is 37.2 Å². The molecular formula is C21H26N6O4S. The first-order valence-corrected chi connectivity index (χ1v) is 10.7. The Kier molecular flexibility index (Phi) is 6.56. The molecule has 0 atom stereocenters. The molecule has 0 aliphatic carbocycles. The second-order valence-corrected chi connectivity index (χ2v) is 8.03. The first-order valence-electron chi connectivity index (χ1n) is 10.3. The molecule has 0 saturated carbocycles. The van der Waals surface area contributed by atoms with Crippen molar-refractivity contribution in [3.63, 3.8) is 0 Å². The van der Waals surface area contributed by atoms with Crippen LogP contribution in [0.15, 0.2) is 35.0 Å². The van der Waals surface area contributed by atoms with Crippen molar-refractivity contribution >= 4 is 18.1 Å². The average Bonchev–Trinajstić information content (AvgIpc) is 3.40. The summed E-state index contributed by atoms with van der Waals surface area (Å²) in [5.41, 5.74) is 1.30. The van der Waals surface area contributed by atoms with Gasteiger partial charge < -0.3 is 19.2 Å². The minimum Gasteiger partial charge on any atom is -0.497 e. The Labute approximate surface area is 190 Å². The quantitative estimate of drug-likeness (QED) is 0.539. The van der Waals surface area contributed by atoms with E-state index in [9.17, 15) is 4.79 Å². The predicted molar refractivity (Wildman–Crippen MR) is 119 cm³/mol. The fourth-order valence-corrected chi connectivity index (χ4v) is 3.84. The van der Waals surface area contributed by atoms with Gasteiger partial charge in [0.25, 0.3) is 10.7 Å². The lowest BCUT2D eigenvalue weighted by atomic mass is 10.1. The van der Waals surface area contributed by atoms with E-state index in [0.717, 1.165) is 31.5 Å². The van der Waals surface area contributed by atoms with Gasteiger partial charge in [-0.25, -0.2) is 4.68 Å². The number of hydrogen-bond donors (Lipinski definition) is 1. The van der Waals surface area contributed by atoms with Crippen LogP contribution in [0.2, 0.25) is 0 Å². The third kappa shape index (κ3) is 5.00. The van der Waals surface area contributed by atoms with Crippen LogP contribution in [0.4, 0.5) is 0 Å². The fraction of sp³-hybridized carbons (Fsp3) is 0.429. The highest BCUT2D eigenvalue weighted by atomic mass is 32.1. The maximum atomic E-state index is 12.3. The number of ether oxygens (including phenoxy) is 2. The van der Waals surface area contributed by atoms with Crippen LogP contribution in [-0.4, -0.2) is 63.7 Å². The van der Waals surface area contributed by atoms with Crippen molar-refractivity contribution in [2.45, 2.75) is 25.6 Å². The lowest BCUT2D eigenvalue weighted by Gasteiger charge is -2.31. The first-order chi connectivity index (χ1) is 15.4. The molecule has 1 saturated heterocycles. The molecular weight excluding hydrogens is 432 g/mol. The van der Waals surface area contributed by atoms with Gasteiger partial charge in [-0.2, -0.15) is 5.10 Å². The van der Waals surface area contributed by atoms with Crippen molar-refractivity contribution in [2.75, 3.05) is 27.3 Å². The number of piperidine rings is 1. The molecule has 0 radical (unpaired) electrons. The van der Waals surface area contributed by atoms with Crippen molar-refractivity contribution < 1.29 is 18.7 Å². The molecule has 0 spiro atoms. The Morgan fingerprint density at radius 1 is 1.22 bits per heavy atom. The number of rotatable bonds is 7. The second kappa shape index (κ2) is 9.53. The minimum absolute atomic E-state index is 0.0892. The van der Waals surface area contributed by atoms with E-state index >= 15 is 0 Å². The summed E-state index contributed by atoms with van der Waals surface area (Å²) in [6, 6.07) is 5.56. The van der Waals surface area contributed by atoms with Crippen LogP contribution in [0.25, 0.3) is 11.5 Å². The molecule has 1 fully saturated rings. The summed E-state index contributed by atoms with van der Waals surface area (Å²) in [5.74, 6) is 1.61. The van der Waals surface area contributed by atoms with E-state index in [1.165, 1.54) is 0 Å². The van der Waals surface area contributed by atoms with Crippen LogP contribution < -0.4 is 14.8 Å². The standard InChI is InChI=1S/C21H26N6O4S/c1-25-12-15(11-22-25)19(28)23-16-4-6-26(7-5-16)13-27-21(32)31-20(24-27)14-8-17(29-2)10-18(9-14)30-3/h8-12,16H,4-7,13H2,1-3H3,(H,23,28). The van der Waals surface area contributed by atoms with Crippen LogP contribution in [0, 0.1) is 4.84 Å². The smallest absolute Gasteiger partial charge is 0.288 e. The zero-order valence-corrected chi connectivity index (χ0v) is 19.1. The molecule has 0 bridgehead atoms. The number of carbonyl (C=O) groups is 1. The van der Waals surface area contributed by atoms with Crippen LogP contribution in [0.5, 0.6) is 11.5 Å². The number of nitrogens with zero attached hydrogens (tertiary/aromatic N) is 5. The van der Waals surface area contributed by atoms with Gasteiger partial charge in [0.15, 0.2) is 0 Å². The maximum Gasteiger partial charge on any atom is 0.288 e. The molecule has 1 aliphatic rings. The van der Waals surface area contributed by atoms with Crippen molar-refractivity contribution in [2.24, 2.45) is 7.05 Å². The van der Waals surface area contributed by atoms with Crippen molar-refractivity contribution in [1.29, 1.82) is 0 Å². The van der Waals surface area contributed by atoms with Crippen LogP contribution >= 0.6 is 12.2 Å². The molecule has 1 aromatic carbocycles. The molecule has 4 rings (SSSR count). The van der Waals surface area contributed by atoms with E-state index in [0.29, 0.717) is 34.5 Å². The molecule has 32 heavy (non-hydrogen) atoms. The summed E-state index contributed by atoms with van der Waals surface area (Å²) in [5, 5.41) is 11.7. The van der Waals surface area contributed by atoms with E-state index in [1.54, 1.807) is 49.1 Å². The Balaban J connectivity index is 1.36. The van der Waals surface area contributed by atoms with Gasteiger partial charge >= 0.3 is 0 Å². The minimum atomic E-state index is -0.0892. The first kappa shape index (κ1) is 22.0. The number of hydrogen-bond acceptors (Lipinski definition) is 8. The molecule has 10 nitrogen and oxygen atoms in total. The molecule has 2 aromatic heterocycles. The number of benzene rings is 1. The van der Waals surface area contributed by atoms with Gasteiger partial charge in [-0.15, -0.1) is 5.10 Å². The monoisotopic (exact) mass is 458 g/mol. The van der Waals surface area contributed by atoms with E-state index < -0.39 is 0 Å². The van der Waals surface area contributed by atoms with E-state index in [2.05, 4.69) is 20.4 Å². The van der Waals surface area contributed by atoms with Gasteiger partial charge in [0.1, 0.15) is 11.5 Å². The van der Waals surface area contributed by atoms with Crippen LogP contribution in [0.1, 0.15) is 23.2 Å². The predicted octanol–water partition coefficient (Wildman–Crippen LogP) is 2.48. The van der Waals surface area contributed by atoms with Gasteiger partial charge in [0, 0.05) is 44.0 Å². The topological polar surface area (TPSA) is 99.6 Å². The van der Waals surface area contributed by atoms with E-state index in [4.69, 9.17) is 26.1 Å². The average molecular weight is 459 g/mol. The fourth-order valence-electron chi connectivity index (χ4n) is 3.66. The summed E-state index contributed by atoms with van der Waals surface area (Å²) in [7, 11) is 4.98. The lowest BCUT2D eigenvalue weighted by Crippen LogP contribution is -2.45. The van der Waals surface area contributed by atoms with Gasteiger partial charge in [0.05, 0.1) is 32.6 Å². The largest absolute Gasteiger partial charge is 0.497 e. The Bertz CT molecular complexity index is 1120. The van der Waals surface area contributed by atoms with E-state index in [-0.39, 0.29) is 11.9 Å². The number of amides is 1. The molecule has 1 N–H and O–H groups in total. The SMILES string of the molecule is COc1cc(OC)cc(-c2nn(CN3CCC(NC(=O)c4cnn(C)c4)CC3)c(=S)o2)c1. The highest BCUT2D eigenvalue weighted by Crippen LogP contribution is 2.29. The van der Waals surface area contributed by atoms with Crippen molar-refractivity contribution in [1.82, 2.24) is 29.8 Å². The van der Waals surface area contributed by atoms with Crippen molar-refractivity contribution in [3.05, 3.63) is 41.0 Å². The van der Waals surface area contributed by atoms with Crippen LogP contribution in [0.3, 0.4) is 0 Å². The summed E-state index contributed by atoms with van der Waals surface area (Å²) >= 11 is 5.38. The Morgan fingerprint density at radius 2 is 1.91 bits per heavy atom. The van der Waals surface area contributed by atoms with Gasteiger partial charge in [0.2, 0.25) is 5.89 Å². The summed E-state index contributed by atoms with van der Waals surface area (Å²) in [6.45, 7) is 2.15. The van der Waals surface area contributed by atoms with Crippen molar-refractivity contribution in [3.8, 4) is 23.0 Å². The zero-order chi connectivity index (χ0) is 22.7. The summed E-state index contributed by atoms with van der Waals surface area (Å²) < 4.78 is 19.7. The third-order valence-electron chi connectivity index (χ3n) is 5.43. The molecule has 1 amide bonds. The number of aromatic nitrogens is 4. The normalized spacial score (nSPS) is 15.0. The lowest BCUT2D eigenvalue weighted by molar-refractivity contribution is 0.0895. The third-order valence-corrected chi connectivity index (χ3v) is 5.72. The second-order valence-electron chi connectivity index (χ2n) is 7.68. The highest BCUT2D eigenvalue weighted by molar-refractivity contribution is 7.71. The number of nitrogens with one attached hydrogen (secondary N) is 1. The Morgan fingerprint density at radius 3 is 2.50 bits per heavy atom. The number of aryl methyl sites for hydroxylation is 1. The van der Waals surface area contributed by atoms with Gasteiger partial charge in [-0.3, -0.25) is 14.4 Å². The molecule has 11 heteroatoms. The number of likely N-dealkylation sites (tertiary alicyclic amines) is 1. The number of methoxy groups -OCH3 is 2. The molecule has 1 aliphatic heterocycles. The summed E-state index contributed by atoms with van der Waals surface area (Å²) in [6.07, 6.45) is 4.98. The van der Waals surface area contributed by atoms with Gasteiger partial charge in [-0.1, -0.05) is 0 Å². The highest BCUT2D eigenvalue weighted by Gasteiger charge is 2.23. The maximum absolute atomic E-state index is 12.3. The van der Waals surface area contributed by atoms with E-state index in [1.807, 2.05) is 12.1 Å². The zero-order valence-electron chi connectivity index (χ0n) is 18.3. The Hall–Kier alpha value is -3.18. The summed E-state index contributed by atoms with van der Waals surface area (Å²) in [4.78, 5) is 14.9. The van der Waals surface area contributed by atoms with Crippen LogP contribution in [-0.2, 0) is 13.7 Å². The molecule has 170 valence electrons. The number of carbonyl (C=O) groups excluding carboxylic acids is 1.